The van der Waals surface area contributed by atoms with E-state index >= 15 is 0 Å². The lowest BCUT2D eigenvalue weighted by molar-refractivity contribution is -0.137. The molecule has 0 aliphatic heterocycles. The average molecular weight is 342 g/mol. The lowest BCUT2D eigenvalue weighted by Crippen LogP contribution is -2.06. The second-order valence-corrected chi connectivity index (χ2v) is 4.96. The number of carbonyl (C=O) groups is 1. The zero-order valence-electron chi connectivity index (χ0n) is 13.3. The molecule has 0 radical (unpaired) electrons. The van der Waals surface area contributed by atoms with Crippen molar-refractivity contribution in [2.45, 2.75) is 33.0 Å². The molecule has 0 saturated heterocycles. The first-order chi connectivity index (χ1) is 11.3. The lowest BCUT2D eigenvalue weighted by Gasteiger charge is -2.09. The highest BCUT2D eigenvalue weighted by Crippen LogP contribution is 2.33. The van der Waals surface area contributed by atoms with Crippen LogP contribution in [0.5, 0.6) is 11.6 Å². The average Bonchev–Trinajstić information content (AvgIpc) is 2.90. The number of nitrogens with zero attached hydrogens (tertiary/aromatic N) is 2. The number of rotatable bonds is 6. The number of esters is 1. The Morgan fingerprint density at radius 3 is 2.67 bits per heavy atom. The van der Waals surface area contributed by atoms with Gasteiger partial charge in [0.05, 0.1) is 12.2 Å². The van der Waals surface area contributed by atoms with Crippen molar-refractivity contribution in [2.75, 3.05) is 6.61 Å². The summed E-state index contributed by atoms with van der Waals surface area (Å²) in [6.07, 6.45) is -2.25. The third-order valence-electron chi connectivity index (χ3n) is 3.05. The van der Waals surface area contributed by atoms with Gasteiger partial charge in [0, 0.05) is 12.7 Å². The number of benzene rings is 1. The second-order valence-electron chi connectivity index (χ2n) is 4.96. The van der Waals surface area contributed by atoms with Gasteiger partial charge in [0.15, 0.2) is 0 Å². The van der Waals surface area contributed by atoms with Crippen molar-refractivity contribution in [3.05, 3.63) is 41.6 Å². The maximum Gasteiger partial charge on any atom is 0.416 e. The number of hydrogen-bond donors (Lipinski definition) is 0. The molecule has 0 N–H and O–H groups in total. The number of aromatic nitrogens is 2. The van der Waals surface area contributed by atoms with Crippen LogP contribution in [0.3, 0.4) is 0 Å². The Bertz CT molecular complexity index is 711. The molecule has 2 rings (SSSR count). The Balaban J connectivity index is 2.32. The molecule has 1 aromatic carbocycles. The molecule has 0 atom stereocenters. The van der Waals surface area contributed by atoms with Crippen LogP contribution in [0.4, 0.5) is 13.2 Å². The highest BCUT2D eigenvalue weighted by molar-refractivity contribution is 5.91. The molecule has 8 heteroatoms. The molecule has 2 aromatic rings. The molecule has 5 nitrogen and oxygen atoms in total. The van der Waals surface area contributed by atoms with E-state index in [0.717, 1.165) is 18.6 Å². The van der Waals surface area contributed by atoms with Gasteiger partial charge in [-0.05, 0) is 31.5 Å². The fraction of sp³-hybridized carbons (Fsp3) is 0.375. The quantitative estimate of drug-likeness (QED) is 0.735. The molecule has 0 amide bonds. The highest BCUT2D eigenvalue weighted by Gasteiger charge is 2.31. The smallest absolute Gasteiger partial charge is 0.416 e. The fourth-order valence-electron chi connectivity index (χ4n) is 2.02. The molecule has 0 saturated carbocycles. The standard InChI is InChI=1S/C16H17F3N2O3/c1-3-8-21-10-13(15(22)23-4-2)14(20-21)24-12-7-5-6-11(9-12)16(17,18)19/h5-7,9-10H,3-4,8H2,1-2H3. The van der Waals surface area contributed by atoms with Crippen molar-refractivity contribution < 1.29 is 27.4 Å². The van der Waals surface area contributed by atoms with Crippen molar-refractivity contribution in [3.63, 3.8) is 0 Å². The Morgan fingerprint density at radius 1 is 1.29 bits per heavy atom. The van der Waals surface area contributed by atoms with E-state index in [1.54, 1.807) is 6.92 Å². The first-order valence-electron chi connectivity index (χ1n) is 7.44. The number of carbonyl (C=O) groups excluding carboxylic acids is 1. The minimum atomic E-state index is -4.48. The predicted molar refractivity (Wildman–Crippen MR) is 80.0 cm³/mol. The minimum Gasteiger partial charge on any atom is -0.462 e. The molecule has 0 bridgehead atoms. The van der Waals surface area contributed by atoms with E-state index in [-0.39, 0.29) is 23.8 Å². The molecule has 24 heavy (non-hydrogen) atoms. The van der Waals surface area contributed by atoms with Gasteiger partial charge in [-0.1, -0.05) is 13.0 Å². The van der Waals surface area contributed by atoms with Crippen LogP contribution in [0.1, 0.15) is 36.2 Å². The van der Waals surface area contributed by atoms with Gasteiger partial charge in [-0.3, -0.25) is 4.68 Å². The van der Waals surface area contributed by atoms with Crippen LogP contribution < -0.4 is 4.74 Å². The number of aryl methyl sites for hydroxylation is 1. The lowest BCUT2D eigenvalue weighted by atomic mass is 10.2. The van der Waals surface area contributed by atoms with Crippen molar-refractivity contribution in [1.29, 1.82) is 0 Å². The molecule has 130 valence electrons. The summed E-state index contributed by atoms with van der Waals surface area (Å²) in [5.74, 6) is -0.778. The monoisotopic (exact) mass is 342 g/mol. The second kappa shape index (κ2) is 7.37. The van der Waals surface area contributed by atoms with E-state index in [0.29, 0.717) is 6.54 Å². The first kappa shape index (κ1) is 17.8. The molecule has 0 unspecified atom stereocenters. The summed E-state index contributed by atoms with van der Waals surface area (Å²) in [5, 5.41) is 4.10. The van der Waals surface area contributed by atoms with Crippen LogP contribution in [-0.4, -0.2) is 22.4 Å². The summed E-state index contributed by atoms with van der Waals surface area (Å²) in [6, 6.07) is 4.39. The van der Waals surface area contributed by atoms with Crippen molar-refractivity contribution in [1.82, 2.24) is 9.78 Å². The summed E-state index contributed by atoms with van der Waals surface area (Å²) < 4.78 is 50.1. The number of halogens is 3. The van der Waals surface area contributed by atoms with Crippen molar-refractivity contribution >= 4 is 5.97 Å². The van der Waals surface area contributed by atoms with E-state index in [9.17, 15) is 18.0 Å². The number of alkyl halides is 3. The highest BCUT2D eigenvalue weighted by atomic mass is 19.4. The SMILES string of the molecule is CCCn1cc(C(=O)OCC)c(Oc2cccc(C(F)(F)F)c2)n1. The van der Waals surface area contributed by atoms with Gasteiger partial charge in [-0.25, -0.2) is 4.79 Å². The Labute approximate surface area is 137 Å². The minimum absolute atomic E-state index is 0.0582. The normalized spacial score (nSPS) is 11.4. The van der Waals surface area contributed by atoms with Crippen LogP contribution in [0.25, 0.3) is 0 Å². The maximum atomic E-state index is 12.8. The van der Waals surface area contributed by atoms with E-state index in [2.05, 4.69) is 5.10 Å². The van der Waals surface area contributed by atoms with Gasteiger partial charge >= 0.3 is 12.1 Å². The maximum absolute atomic E-state index is 12.8. The topological polar surface area (TPSA) is 53.4 Å². The van der Waals surface area contributed by atoms with E-state index in [1.165, 1.54) is 23.0 Å². The molecule has 0 aliphatic carbocycles. The zero-order valence-corrected chi connectivity index (χ0v) is 13.3. The van der Waals surface area contributed by atoms with Gasteiger partial charge in [-0.2, -0.15) is 13.2 Å². The van der Waals surface area contributed by atoms with Gasteiger partial charge in [0.2, 0.25) is 0 Å². The Hall–Kier alpha value is -2.51. The summed E-state index contributed by atoms with van der Waals surface area (Å²) in [5.41, 5.74) is -0.770. The molecule has 1 heterocycles. The predicted octanol–water partition coefficient (Wildman–Crippen LogP) is 4.28. The van der Waals surface area contributed by atoms with E-state index in [1.807, 2.05) is 6.92 Å². The molecule has 1 aromatic heterocycles. The molecular weight excluding hydrogens is 325 g/mol. The van der Waals surface area contributed by atoms with Gasteiger partial charge in [-0.15, -0.1) is 5.10 Å². The van der Waals surface area contributed by atoms with Crippen molar-refractivity contribution in [3.8, 4) is 11.6 Å². The molecular formula is C16H17F3N2O3. The van der Waals surface area contributed by atoms with Crippen LogP contribution >= 0.6 is 0 Å². The van der Waals surface area contributed by atoms with Gasteiger partial charge in [0.1, 0.15) is 11.3 Å². The summed E-state index contributed by atoms with van der Waals surface area (Å²) >= 11 is 0. The third kappa shape index (κ3) is 4.27. The van der Waals surface area contributed by atoms with E-state index in [4.69, 9.17) is 9.47 Å². The molecule has 0 aliphatic rings. The molecule has 0 fully saturated rings. The van der Waals surface area contributed by atoms with Gasteiger partial charge < -0.3 is 9.47 Å². The summed E-state index contributed by atoms with van der Waals surface area (Å²) in [7, 11) is 0. The largest absolute Gasteiger partial charge is 0.462 e. The third-order valence-corrected chi connectivity index (χ3v) is 3.05. The van der Waals surface area contributed by atoms with Gasteiger partial charge in [0.25, 0.3) is 5.88 Å². The van der Waals surface area contributed by atoms with Crippen LogP contribution in [-0.2, 0) is 17.5 Å². The number of hydrogen-bond acceptors (Lipinski definition) is 4. The number of ether oxygens (including phenoxy) is 2. The first-order valence-corrected chi connectivity index (χ1v) is 7.44. The summed E-state index contributed by atoms with van der Waals surface area (Å²) in [4.78, 5) is 12.0. The fourth-order valence-corrected chi connectivity index (χ4v) is 2.02. The van der Waals surface area contributed by atoms with Crippen molar-refractivity contribution in [2.24, 2.45) is 0 Å². The van der Waals surface area contributed by atoms with Crippen LogP contribution in [0.2, 0.25) is 0 Å². The Kier molecular flexibility index (Phi) is 5.48. The van der Waals surface area contributed by atoms with Crippen LogP contribution in [0.15, 0.2) is 30.5 Å². The van der Waals surface area contributed by atoms with E-state index < -0.39 is 17.7 Å². The Morgan fingerprint density at radius 2 is 2.04 bits per heavy atom. The molecule has 0 spiro atoms. The zero-order chi connectivity index (χ0) is 17.7. The summed E-state index contributed by atoms with van der Waals surface area (Å²) in [6.45, 7) is 4.29. The van der Waals surface area contributed by atoms with Crippen LogP contribution in [0, 0.1) is 0 Å².